The second-order valence-electron chi connectivity index (χ2n) is 7.34. The van der Waals surface area contributed by atoms with E-state index < -0.39 is 0 Å². The molecule has 2 atom stereocenters. The Bertz CT molecular complexity index is 879. The maximum atomic E-state index is 13.0. The number of likely N-dealkylation sites (tertiary alicyclic amines) is 1. The molecule has 2 aromatic heterocycles. The molecule has 2 saturated heterocycles. The summed E-state index contributed by atoms with van der Waals surface area (Å²) in [5, 5.41) is 3.23. The highest BCUT2D eigenvalue weighted by Gasteiger charge is 2.35. The second-order valence-corrected chi connectivity index (χ2v) is 7.34. The number of piperidine rings is 1. The molecule has 7 nitrogen and oxygen atoms in total. The van der Waals surface area contributed by atoms with Crippen LogP contribution in [0.4, 0.5) is 0 Å². The molecule has 4 rings (SSSR count). The summed E-state index contributed by atoms with van der Waals surface area (Å²) in [6.45, 7) is 5.79. The van der Waals surface area contributed by atoms with E-state index in [1.54, 1.807) is 0 Å². The van der Waals surface area contributed by atoms with E-state index in [2.05, 4.69) is 10.1 Å². The van der Waals surface area contributed by atoms with Gasteiger partial charge in [0, 0.05) is 30.5 Å². The summed E-state index contributed by atoms with van der Waals surface area (Å²) >= 11 is 0. The van der Waals surface area contributed by atoms with Gasteiger partial charge in [-0.15, -0.1) is 0 Å². The number of aromatic nitrogens is 3. The molecule has 0 unspecified atom stereocenters. The summed E-state index contributed by atoms with van der Waals surface area (Å²) in [6, 6.07) is 1.90. The molecule has 4 heterocycles. The number of hydrogen-bond acceptors (Lipinski definition) is 4. The largest absolute Gasteiger partial charge is 0.381 e. The zero-order chi connectivity index (χ0) is 18.3. The average Bonchev–Trinajstić information content (AvgIpc) is 3.31. The lowest BCUT2D eigenvalue weighted by Gasteiger charge is -2.36. The van der Waals surface area contributed by atoms with Crippen LogP contribution < -0.4 is 5.56 Å². The van der Waals surface area contributed by atoms with E-state index in [0.29, 0.717) is 25.3 Å². The number of nitrogens with one attached hydrogen (secondary N) is 1. The number of nitrogens with zero attached hydrogens (tertiary/aromatic N) is 3. The van der Waals surface area contributed by atoms with Crippen LogP contribution in [0.1, 0.15) is 55.6 Å². The highest BCUT2D eigenvalue weighted by Crippen LogP contribution is 2.32. The van der Waals surface area contributed by atoms with E-state index in [1.165, 1.54) is 4.52 Å². The van der Waals surface area contributed by atoms with E-state index in [1.807, 2.05) is 24.8 Å². The number of carbonyl (C=O) groups is 1. The van der Waals surface area contributed by atoms with Crippen molar-refractivity contribution in [3.8, 4) is 0 Å². The summed E-state index contributed by atoms with van der Waals surface area (Å²) in [5.74, 6) is 0.145. The van der Waals surface area contributed by atoms with Gasteiger partial charge in [-0.1, -0.05) is 6.92 Å². The fourth-order valence-corrected chi connectivity index (χ4v) is 4.25. The van der Waals surface area contributed by atoms with Crippen LogP contribution in [0.15, 0.2) is 10.9 Å². The Hall–Kier alpha value is -2.15. The first kappa shape index (κ1) is 17.3. The van der Waals surface area contributed by atoms with Crippen molar-refractivity contribution < 1.29 is 9.53 Å². The summed E-state index contributed by atoms with van der Waals surface area (Å²) in [6.07, 6.45) is 4.46. The van der Waals surface area contributed by atoms with Crippen LogP contribution in [0.5, 0.6) is 0 Å². The number of carbonyl (C=O) groups excluding carboxylic acids is 1. The van der Waals surface area contributed by atoms with Gasteiger partial charge in [-0.25, -0.2) is 9.50 Å². The Morgan fingerprint density at radius 1 is 1.38 bits per heavy atom. The molecule has 140 valence electrons. The monoisotopic (exact) mass is 358 g/mol. The second kappa shape index (κ2) is 6.87. The van der Waals surface area contributed by atoms with Gasteiger partial charge in [0.15, 0.2) is 5.65 Å². The first-order valence-corrected chi connectivity index (χ1v) is 9.59. The molecule has 2 aliphatic rings. The number of hydrogen-bond donors (Lipinski definition) is 1. The summed E-state index contributed by atoms with van der Waals surface area (Å²) in [7, 11) is 0. The predicted molar refractivity (Wildman–Crippen MR) is 97.2 cm³/mol. The summed E-state index contributed by atoms with van der Waals surface area (Å²) in [4.78, 5) is 32.2. The summed E-state index contributed by atoms with van der Waals surface area (Å²) in [5.41, 5.74) is 2.99. The number of rotatable bonds is 3. The normalized spacial score (nSPS) is 23.7. The number of amides is 1. The van der Waals surface area contributed by atoms with E-state index in [4.69, 9.17) is 4.74 Å². The smallest absolute Gasteiger partial charge is 0.276 e. The van der Waals surface area contributed by atoms with Crippen LogP contribution in [0, 0.1) is 12.8 Å². The molecular formula is C19H26N4O3. The highest BCUT2D eigenvalue weighted by molar-refractivity contribution is 5.79. The Morgan fingerprint density at radius 3 is 2.96 bits per heavy atom. The Labute approximate surface area is 152 Å². The first-order chi connectivity index (χ1) is 12.6. The molecule has 26 heavy (non-hydrogen) atoms. The van der Waals surface area contributed by atoms with Crippen molar-refractivity contribution in [2.24, 2.45) is 5.92 Å². The van der Waals surface area contributed by atoms with E-state index >= 15 is 0 Å². The van der Waals surface area contributed by atoms with Crippen LogP contribution >= 0.6 is 0 Å². The van der Waals surface area contributed by atoms with E-state index in [9.17, 15) is 9.59 Å². The Morgan fingerprint density at radius 2 is 2.23 bits per heavy atom. The zero-order valence-electron chi connectivity index (χ0n) is 15.5. The molecule has 1 amide bonds. The fourth-order valence-electron chi connectivity index (χ4n) is 4.25. The fraction of sp³-hybridized carbons (Fsp3) is 0.632. The van der Waals surface area contributed by atoms with Crippen LogP contribution in [0.2, 0.25) is 0 Å². The maximum Gasteiger partial charge on any atom is 0.276 e. The number of aryl methyl sites for hydroxylation is 1. The van der Waals surface area contributed by atoms with E-state index in [0.717, 1.165) is 49.2 Å². The van der Waals surface area contributed by atoms with Crippen molar-refractivity contribution in [2.45, 2.75) is 52.0 Å². The minimum Gasteiger partial charge on any atom is -0.381 e. The lowest BCUT2D eigenvalue weighted by molar-refractivity contribution is -0.139. The highest BCUT2D eigenvalue weighted by atomic mass is 16.5. The van der Waals surface area contributed by atoms with Crippen LogP contribution in [-0.2, 0) is 16.0 Å². The zero-order valence-corrected chi connectivity index (χ0v) is 15.5. The molecule has 1 N–H and O–H groups in total. The van der Waals surface area contributed by atoms with E-state index in [-0.39, 0.29) is 23.4 Å². The SMILES string of the molecule is CCc1c(C)nc2cc([C@H]3CCCCN3C(=O)[C@@H]3CCOC3)[nH]n2c1=O. The molecule has 2 aliphatic heterocycles. The van der Waals surface area contributed by atoms with Gasteiger partial charge in [0.2, 0.25) is 5.91 Å². The van der Waals surface area contributed by atoms with Crippen molar-refractivity contribution in [1.29, 1.82) is 0 Å². The van der Waals surface area contributed by atoms with Gasteiger partial charge < -0.3 is 9.64 Å². The number of aromatic amines is 1. The van der Waals surface area contributed by atoms with Gasteiger partial charge in [-0.2, -0.15) is 0 Å². The van der Waals surface area contributed by atoms with Gasteiger partial charge in [0.05, 0.1) is 24.3 Å². The maximum absolute atomic E-state index is 13.0. The molecule has 0 bridgehead atoms. The third-order valence-electron chi connectivity index (χ3n) is 5.71. The third kappa shape index (κ3) is 2.84. The molecule has 0 aliphatic carbocycles. The summed E-state index contributed by atoms with van der Waals surface area (Å²) < 4.78 is 6.93. The molecule has 0 saturated carbocycles. The van der Waals surface area contributed by atoms with Gasteiger partial charge in [-0.3, -0.25) is 14.7 Å². The van der Waals surface area contributed by atoms with Crippen molar-refractivity contribution in [1.82, 2.24) is 19.5 Å². The molecule has 2 aromatic rings. The van der Waals surface area contributed by atoms with Crippen LogP contribution in [0.25, 0.3) is 5.65 Å². The number of fused-ring (bicyclic) bond motifs is 1. The lowest BCUT2D eigenvalue weighted by atomic mass is 9.96. The Kier molecular flexibility index (Phi) is 4.56. The lowest BCUT2D eigenvalue weighted by Crippen LogP contribution is -2.42. The topological polar surface area (TPSA) is 79.7 Å². The quantitative estimate of drug-likeness (QED) is 0.910. The first-order valence-electron chi connectivity index (χ1n) is 9.59. The Balaban J connectivity index is 1.71. The average molecular weight is 358 g/mol. The molecule has 2 fully saturated rings. The third-order valence-corrected chi connectivity index (χ3v) is 5.71. The minimum atomic E-state index is -0.0425. The van der Waals surface area contributed by atoms with Gasteiger partial charge in [0.25, 0.3) is 5.56 Å². The molecule has 0 aromatic carbocycles. The van der Waals surface area contributed by atoms with Gasteiger partial charge in [-0.05, 0) is 39.0 Å². The van der Waals surface area contributed by atoms with Crippen LogP contribution in [-0.4, -0.2) is 45.2 Å². The molecule has 0 radical (unpaired) electrons. The number of H-pyrrole nitrogens is 1. The molecule has 0 spiro atoms. The van der Waals surface area contributed by atoms with Crippen molar-refractivity contribution in [3.05, 3.63) is 33.4 Å². The van der Waals surface area contributed by atoms with Crippen molar-refractivity contribution >= 4 is 11.6 Å². The van der Waals surface area contributed by atoms with Crippen LogP contribution in [0.3, 0.4) is 0 Å². The minimum absolute atomic E-state index is 0.0247. The van der Waals surface area contributed by atoms with Gasteiger partial charge in [0.1, 0.15) is 0 Å². The molecule has 7 heteroatoms. The van der Waals surface area contributed by atoms with Crippen molar-refractivity contribution in [3.63, 3.8) is 0 Å². The predicted octanol–water partition coefficient (Wildman–Crippen LogP) is 1.98. The number of ether oxygens (including phenoxy) is 1. The van der Waals surface area contributed by atoms with Gasteiger partial charge >= 0.3 is 0 Å². The van der Waals surface area contributed by atoms with Crippen molar-refractivity contribution in [2.75, 3.05) is 19.8 Å². The molecular weight excluding hydrogens is 332 g/mol. The standard InChI is InChI=1S/C19H26N4O3/c1-3-14-12(2)20-17-10-15(21-23(17)19(14)25)16-6-4-5-8-22(16)18(24)13-7-9-26-11-13/h10,13,16,21H,3-9,11H2,1-2H3/t13-,16-/m1/s1.